The molecule has 1 aromatic carbocycles. The van der Waals surface area contributed by atoms with Crippen molar-refractivity contribution in [3.8, 4) is 0 Å². The van der Waals surface area contributed by atoms with Crippen LogP contribution in [-0.2, 0) is 20.8 Å². The van der Waals surface area contributed by atoms with Crippen molar-refractivity contribution in [3.05, 3.63) is 28.8 Å². The summed E-state index contributed by atoms with van der Waals surface area (Å²) in [5.74, 6) is 0.00312. The first-order valence-electron chi connectivity index (χ1n) is 10.8. The topological polar surface area (TPSA) is 167 Å². The van der Waals surface area contributed by atoms with Crippen LogP contribution in [0.15, 0.2) is 18.2 Å². The number of nitrogens with two attached hydrogens (primary N) is 1. The quantitative estimate of drug-likeness (QED) is 0.242. The van der Waals surface area contributed by atoms with Gasteiger partial charge in [-0.15, -0.1) is 0 Å². The molecule has 2 aliphatic heterocycles. The molecule has 180 valence electrons. The maximum Gasteiger partial charge on any atom is 0.184 e. The summed E-state index contributed by atoms with van der Waals surface area (Å²) in [6.45, 7) is -0.422. The molecule has 0 aromatic heterocycles. The molecule has 1 aromatic rings. The molecule has 32 heavy (non-hydrogen) atoms. The summed E-state index contributed by atoms with van der Waals surface area (Å²) in [5, 5.41) is 54.8. The lowest BCUT2D eigenvalue weighted by Gasteiger charge is -2.52. The van der Waals surface area contributed by atoms with Crippen LogP contribution in [0.25, 0.3) is 0 Å². The summed E-state index contributed by atoms with van der Waals surface area (Å²) >= 11 is 5.93. The highest BCUT2D eigenvalue weighted by atomic mass is 35.5. The second-order valence-electron chi connectivity index (χ2n) is 8.72. The van der Waals surface area contributed by atoms with Gasteiger partial charge in [0.2, 0.25) is 0 Å². The fourth-order valence-electron chi connectivity index (χ4n) is 4.78. The number of ether oxygens (including phenoxy) is 3. The lowest BCUT2D eigenvalue weighted by Crippen LogP contribution is -2.65. The van der Waals surface area contributed by atoms with Crippen LogP contribution in [0.2, 0.25) is 5.02 Å². The van der Waals surface area contributed by atoms with Gasteiger partial charge in [-0.25, -0.2) is 0 Å². The molecule has 11 heteroatoms. The van der Waals surface area contributed by atoms with Gasteiger partial charge in [0.15, 0.2) is 6.29 Å². The Hall–Kier alpha value is -1.05. The number of aliphatic hydroxyl groups is 5. The smallest absolute Gasteiger partial charge is 0.184 e. The van der Waals surface area contributed by atoms with Gasteiger partial charge in [-0.1, -0.05) is 17.7 Å². The lowest BCUT2D eigenvalue weighted by atomic mass is 9.66. The monoisotopic (exact) mass is 474 g/mol. The van der Waals surface area contributed by atoms with E-state index in [9.17, 15) is 25.5 Å². The molecule has 0 bridgehead atoms. The van der Waals surface area contributed by atoms with Crippen LogP contribution in [0.3, 0.4) is 0 Å². The van der Waals surface area contributed by atoms with Gasteiger partial charge in [-0.3, -0.25) is 5.32 Å². The van der Waals surface area contributed by atoms with Crippen LogP contribution in [-0.4, -0.2) is 87.9 Å². The molecule has 0 amide bonds. The zero-order valence-electron chi connectivity index (χ0n) is 17.5. The third kappa shape index (κ3) is 4.62. The van der Waals surface area contributed by atoms with Crippen molar-refractivity contribution in [3.63, 3.8) is 0 Å². The number of rotatable bonds is 7. The normalized spacial score (nSPS) is 41.7. The minimum absolute atomic E-state index is 0.0636. The molecule has 2 heterocycles. The number of hydrogen-bond acceptors (Lipinski definition) is 10. The Morgan fingerprint density at radius 3 is 2.34 bits per heavy atom. The molecule has 10 nitrogen and oxygen atoms in total. The van der Waals surface area contributed by atoms with Crippen LogP contribution < -0.4 is 11.1 Å². The summed E-state index contributed by atoms with van der Waals surface area (Å²) < 4.78 is 17.3. The van der Waals surface area contributed by atoms with Gasteiger partial charge in [0, 0.05) is 6.54 Å². The second-order valence-corrected chi connectivity index (χ2v) is 9.12. The third-order valence-electron chi connectivity index (χ3n) is 6.79. The van der Waals surface area contributed by atoms with E-state index in [0.717, 1.165) is 18.4 Å². The lowest BCUT2D eigenvalue weighted by molar-refractivity contribution is -0.342. The first kappa shape index (κ1) is 24.1. The van der Waals surface area contributed by atoms with Crippen LogP contribution in [0, 0.1) is 11.8 Å². The number of fused-ring (bicyclic) bond motifs is 1. The van der Waals surface area contributed by atoms with E-state index in [1.54, 1.807) is 18.2 Å². The van der Waals surface area contributed by atoms with Gasteiger partial charge >= 0.3 is 0 Å². The average Bonchev–Trinajstić information content (AvgIpc) is 2.75. The number of nitrogen functional groups attached to an aromatic ring is 1. The number of benzene rings is 1. The van der Waals surface area contributed by atoms with Crippen molar-refractivity contribution < 1.29 is 39.7 Å². The van der Waals surface area contributed by atoms with Gasteiger partial charge < -0.3 is 45.5 Å². The predicted molar refractivity (Wildman–Crippen MR) is 113 cm³/mol. The highest BCUT2D eigenvalue weighted by Crippen LogP contribution is 2.46. The Morgan fingerprint density at radius 1 is 1.00 bits per heavy atom. The maximum atomic E-state index is 10.7. The van der Waals surface area contributed by atoms with Crippen LogP contribution in [0.4, 0.5) is 5.69 Å². The Labute approximate surface area is 190 Å². The van der Waals surface area contributed by atoms with Crippen LogP contribution in [0.5, 0.6) is 0 Å². The minimum Gasteiger partial charge on any atom is -0.398 e. The van der Waals surface area contributed by atoms with Crippen LogP contribution >= 0.6 is 11.6 Å². The fraction of sp³-hybridized carbons (Fsp3) is 0.714. The first-order chi connectivity index (χ1) is 15.3. The summed E-state index contributed by atoms with van der Waals surface area (Å²) in [7, 11) is 0. The molecule has 1 aliphatic carbocycles. The molecule has 3 fully saturated rings. The molecule has 10 atom stereocenters. The summed E-state index contributed by atoms with van der Waals surface area (Å²) in [5.41, 5.74) is 7.01. The molecule has 4 rings (SSSR count). The van der Waals surface area contributed by atoms with E-state index in [0.29, 0.717) is 10.7 Å². The summed E-state index contributed by atoms with van der Waals surface area (Å²) in [6, 6.07) is 5.10. The third-order valence-corrected chi connectivity index (χ3v) is 7.13. The highest BCUT2D eigenvalue weighted by Gasteiger charge is 2.53. The Kier molecular flexibility index (Phi) is 7.57. The Morgan fingerprint density at radius 2 is 1.72 bits per heavy atom. The zero-order valence-corrected chi connectivity index (χ0v) is 18.2. The van der Waals surface area contributed by atoms with E-state index >= 15 is 0 Å². The van der Waals surface area contributed by atoms with Crippen LogP contribution in [0.1, 0.15) is 18.4 Å². The zero-order chi connectivity index (χ0) is 23.0. The van der Waals surface area contributed by atoms with Gasteiger partial charge in [0.05, 0.1) is 30.0 Å². The molecule has 10 unspecified atom stereocenters. The molecular weight excluding hydrogens is 444 g/mol. The molecule has 2 saturated heterocycles. The maximum absolute atomic E-state index is 10.7. The van der Waals surface area contributed by atoms with Gasteiger partial charge in [0.25, 0.3) is 0 Å². The SMILES string of the molecule is Nc1cc(CNC2OC(CO)C(OC3OC(CO)C4CCC4C3O)C(O)C2O)ccc1Cl. The summed E-state index contributed by atoms with van der Waals surface area (Å²) in [4.78, 5) is 0. The molecular formula is C21H31ClN2O8. The fourth-order valence-corrected chi connectivity index (χ4v) is 4.90. The average molecular weight is 475 g/mol. The Bertz CT molecular complexity index is 782. The number of halogens is 1. The molecule has 3 aliphatic rings. The first-order valence-corrected chi connectivity index (χ1v) is 11.2. The van der Waals surface area contributed by atoms with Crippen molar-refractivity contribution in [1.82, 2.24) is 5.32 Å². The molecule has 8 N–H and O–H groups in total. The van der Waals surface area contributed by atoms with E-state index in [2.05, 4.69) is 5.32 Å². The number of aliphatic hydroxyl groups excluding tert-OH is 5. The van der Waals surface area contributed by atoms with Crippen molar-refractivity contribution in [1.29, 1.82) is 0 Å². The van der Waals surface area contributed by atoms with Gasteiger partial charge in [-0.05, 0) is 42.4 Å². The van der Waals surface area contributed by atoms with E-state index < -0.39 is 55.7 Å². The van der Waals surface area contributed by atoms with Crippen molar-refractivity contribution >= 4 is 17.3 Å². The second kappa shape index (κ2) is 10.1. The van der Waals surface area contributed by atoms with E-state index in [1.165, 1.54) is 0 Å². The Balaban J connectivity index is 1.40. The van der Waals surface area contributed by atoms with Gasteiger partial charge in [0.1, 0.15) is 36.7 Å². The molecule has 0 radical (unpaired) electrons. The summed E-state index contributed by atoms with van der Waals surface area (Å²) in [6.07, 6.45) is -6.78. The van der Waals surface area contributed by atoms with E-state index in [4.69, 9.17) is 31.5 Å². The van der Waals surface area contributed by atoms with E-state index in [1.807, 2.05) is 0 Å². The number of anilines is 1. The largest absolute Gasteiger partial charge is 0.398 e. The van der Waals surface area contributed by atoms with Crippen molar-refractivity contribution in [2.24, 2.45) is 11.8 Å². The van der Waals surface area contributed by atoms with Gasteiger partial charge in [-0.2, -0.15) is 0 Å². The van der Waals surface area contributed by atoms with Crippen molar-refractivity contribution in [2.45, 2.75) is 68.5 Å². The standard InChI is InChI=1S/C21H31ClN2O8/c22-12-4-1-9(5-13(12)23)6-24-20-18(29)17(28)19(15(8-26)30-20)32-21-16(27)11-3-2-10(11)14(7-25)31-21/h1,4-5,10-11,14-21,24-29H,2-3,6-8,23H2. The highest BCUT2D eigenvalue weighted by molar-refractivity contribution is 6.33. The molecule has 1 saturated carbocycles. The van der Waals surface area contributed by atoms with Crippen molar-refractivity contribution in [2.75, 3.05) is 18.9 Å². The minimum atomic E-state index is -1.42. The number of hydrogen-bond donors (Lipinski definition) is 7. The predicted octanol–water partition coefficient (Wildman–Crippen LogP) is -1.06. The molecule has 0 spiro atoms. The van der Waals surface area contributed by atoms with E-state index in [-0.39, 0.29) is 25.0 Å². The number of nitrogens with one attached hydrogen (secondary N) is 1.